The first-order valence-electron chi connectivity index (χ1n) is 8.99. The van der Waals surface area contributed by atoms with Gasteiger partial charge >= 0.3 is 0 Å². The van der Waals surface area contributed by atoms with Crippen LogP contribution in [0.3, 0.4) is 0 Å². The van der Waals surface area contributed by atoms with Crippen molar-refractivity contribution in [3.05, 3.63) is 48.2 Å². The number of hydrogen-bond acceptors (Lipinski definition) is 5. The summed E-state index contributed by atoms with van der Waals surface area (Å²) in [6.45, 7) is 1.94. The molecule has 0 saturated heterocycles. The lowest BCUT2D eigenvalue weighted by molar-refractivity contribution is -0.122. The zero-order chi connectivity index (χ0) is 19.4. The van der Waals surface area contributed by atoms with Gasteiger partial charge in [-0.25, -0.2) is 4.98 Å². The molecule has 2 unspecified atom stereocenters. The highest BCUT2D eigenvalue weighted by Crippen LogP contribution is 2.32. The van der Waals surface area contributed by atoms with E-state index in [0.717, 1.165) is 25.7 Å². The number of ether oxygens (including phenoxy) is 1. The zero-order valence-electron chi connectivity index (χ0n) is 15.3. The van der Waals surface area contributed by atoms with E-state index in [1.807, 2.05) is 6.92 Å². The van der Waals surface area contributed by atoms with Gasteiger partial charge in [-0.2, -0.15) is 0 Å². The summed E-state index contributed by atoms with van der Waals surface area (Å²) >= 11 is 0. The van der Waals surface area contributed by atoms with Gasteiger partial charge in [0.05, 0.1) is 17.8 Å². The number of nitrogens with one attached hydrogen (secondary N) is 1. The number of aromatic nitrogens is 1. The molecular weight excluding hydrogens is 344 g/mol. The van der Waals surface area contributed by atoms with Crippen molar-refractivity contribution in [2.24, 2.45) is 17.4 Å². The molecule has 2 aromatic rings. The predicted molar refractivity (Wildman–Crippen MR) is 102 cm³/mol. The summed E-state index contributed by atoms with van der Waals surface area (Å²) in [7, 11) is 0. The van der Waals surface area contributed by atoms with Crippen molar-refractivity contribution < 1.29 is 14.3 Å². The summed E-state index contributed by atoms with van der Waals surface area (Å²) in [5.74, 6) is -0.0169. The molecule has 1 aliphatic carbocycles. The van der Waals surface area contributed by atoms with E-state index in [9.17, 15) is 9.59 Å². The average Bonchev–Trinajstić information content (AvgIpc) is 2.63. The number of hydrogen-bond donors (Lipinski definition) is 3. The Morgan fingerprint density at radius 3 is 2.74 bits per heavy atom. The van der Waals surface area contributed by atoms with E-state index in [0.29, 0.717) is 22.9 Å². The molecule has 27 heavy (non-hydrogen) atoms. The number of carbonyl (C=O) groups is 2. The predicted octanol–water partition coefficient (Wildman–Crippen LogP) is 2.82. The van der Waals surface area contributed by atoms with E-state index in [4.69, 9.17) is 16.2 Å². The monoisotopic (exact) mass is 368 g/mol. The summed E-state index contributed by atoms with van der Waals surface area (Å²) in [5.41, 5.74) is 12.0. The Labute approximate surface area is 158 Å². The molecular formula is C20H24N4O3. The van der Waals surface area contributed by atoms with Gasteiger partial charge in [0, 0.05) is 17.2 Å². The van der Waals surface area contributed by atoms with Gasteiger partial charge in [-0.15, -0.1) is 0 Å². The summed E-state index contributed by atoms with van der Waals surface area (Å²) in [6, 6.07) is 9.90. The Hall–Kier alpha value is -2.93. The minimum atomic E-state index is -0.527. The summed E-state index contributed by atoms with van der Waals surface area (Å²) in [5, 5.41) is 2.88. The molecule has 2 amide bonds. The summed E-state index contributed by atoms with van der Waals surface area (Å²) < 4.78 is 5.63. The fourth-order valence-electron chi connectivity index (χ4n) is 3.37. The molecule has 2 atom stereocenters. The lowest BCUT2D eigenvalue weighted by Gasteiger charge is -2.37. The van der Waals surface area contributed by atoms with Crippen LogP contribution in [-0.2, 0) is 4.79 Å². The first-order valence-corrected chi connectivity index (χ1v) is 8.99. The van der Waals surface area contributed by atoms with Crippen LogP contribution in [0.1, 0.15) is 43.0 Å². The number of anilines is 1. The van der Waals surface area contributed by atoms with E-state index in [-0.39, 0.29) is 11.8 Å². The maximum Gasteiger partial charge on any atom is 0.248 e. The zero-order valence-corrected chi connectivity index (χ0v) is 15.3. The molecule has 1 heterocycles. The first-order chi connectivity index (χ1) is 12.8. The van der Waals surface area contributed by atoms with E-state index >= 15 is 0 Å². The summed E-state index contributed by atoms with van der Waals surface area (Å²) in [4.78, 5) is 28.0. The normalized spacial score (nSPS) is 22.1. The molecule has 0 radical (unpaired) electrons. The van der Waals surface area contributed by atoms with Gasteiger partial charge in [-0.05, 0) is 44.0 Å². The number of amides is 2. The molecule has 3 rings (SSSR count). The highest BCUT2D eigenvalue weighted by Gasteiger charge is 2.37. The number of nitrogens with two attached hydrogens (primary N) is 2. The third-order valence-corrected chi connectivity index (χ3v) is 4.92. The van der Waals surface area contributed by atoms with Crippen LogP contribution < -0.4 is 21.5 Å². The second-order valence-electron chi connectivity index (χ2n) is 7.17. The van der Waals surface area contributed by atoms with Crippen molar-refractivity contribution >= 4 is 17.5 Å². The number of rotatable bonds is 5. The quantitative estimate of drug-likeness (QED) is 0.749. The second-order valence-corrected chi connectivity index (χ2v) is 7.17. The van der Waals surface area contributed by atoms with Gasteiger partial charge in [0.1, 0.15) is 5.75 Å². The third kappa shape index (κ3) is 4.62. The molecule has 142 valence electrons. The average molecular weight is 368 g/mol. The number of nitrogens with zero attached hydrogens (tertiary/aromatic N) is 1. The van der Waals surface area contributed by atoms with Crippen LogP contribution in [0.4, 0.5) is 5.69 Å². The second kappa shape index (κ2) is 7.75. The van der Waals surface area contributed by atoms with Crippen LogP contribution in [0, 0.1) is 5.92 Å². The molecule has 5 N–H and O–H groups in total. The molecule has 1 aliphatic rings. The molecule has 1 aromatic carbocycles. The van der Waals surface area contributed by atoms with E-state index in [1.165, 1.54) is 6.20 Å². The van der Waals surface area contributed by atoms with E-state index in [2.05, 4.69) is 10.3 Å². The SMILES string of the molecule is CC1(N)CCCCC1C(=O)Nc1ccc(Oc2cccc(C(N)=O)c2)nc1. The van der Waals surface area contributed by atoms with Crippen molar-refractivity contribution in [1.82, 2.24) is 4.98 Å². The van der Waals surface area contributed by atoms with Crippen LogP contribution in [0.15, 0.2) is 42.6 Å². The van der Waals surface area contributed by atoms with Crippen LogP contribution in [-0.4, -0.2) is 22.3 Å². The van der Waals surface area contributed by atoms with Crippen LogP contribution in [0.5, 0.6) is 11.6 Å². The standard InChI is InChI=1S/C20H24N4O3/c1-20(22)10-3-2-7-16(20)19(26)24-14-8-9-17(23-12-14)27-15-6-4-5-13(11-15)18(21)25/h4-6,8-9,11-12,16H,2-3,7,10,22H2,1H3,(H2,21,25)(H,24,26). The van der Waals surface area contributed by atoms with Gasteiger partial charge in [-0.1, -0.05) is 18.9 Å². The number of pyridine rings is 1. The molecule has 1 fully saturated rings. The van der Waals surface area contributed by atoms with Gasteiger partial charge in [-0.3, -0.25) is 9.59 Å². The Balaban J connectivity index is 1.64. The molecule has 1 aromatic heterocycles. The topological polar surface area (TPSA) is 120 Å². The Morgan fingerprint density at radius 1 is 1.26 bits per heavy atom. The van der Waals surface area contributed by atoms with Crippen molar-refractivity contribution in [3.63, 3.8) is 0 Å². The Bertz CT molecular complexity index is 833. The Morgan fingerprint density at radius 2 is 2.07 bits per heavy atom. The van der Waals surface area contributed by atoms with E-state index < -0.39 is 11.4 Å². The molecule has 7 nitrogen and oxygen atoms in total. The molecule has 0 aliphatic heterocycles. The smallest absolute Gasteiger partial charge is 0.248 e. The van der Waals surface area contributed by atoms with Gasteiger partial charge in [0.15, 0.2) is 0 Å². The Kier molecular flexibility index (Phi) is 5.41. The fraction of sp³-hybridized carbons (Fsp3) is 0.350. The highest BCUT2D eigenvalue weighted by atomic mass is 16.5. The lowest BCUT2D eigenvalue weighted by atomic mass is 9.74. The van der Waals surface area contributed by atoms with Crippen molar-refractivity contribution in [1.29, 1.82) is 0 Å². The van der Waals surface area contributed by atoms with Gasteiger partial charge < -0.3 is 21.5 Å². The van der Waals surface area contributed by atoms with Crippen LogP contribution >= 0.6 is 0 Å². The number of benzene rings is 1. The molecule has 7 heteroatoms. The van der Waals surface area contributed by atoms with Crippen molar-refractivity contribution in [2.75, 3.05) is 5.32 Å². The molecule has 0 spiro atoms. The molecule has 1 saturated carbocycles. The van der Waals surface area contributed by atoms with Gasteiger partial charge in [0.2, 0.25) is 17.7 Å². The van der Waals surface area contributed by atoms with Crippen molar-refractivity contribution in [3.8, 4) is 11.6 Å². The first kappa shape index (κ1) is 18.8. The summed E-state index contributed by atoms with van der Waals surface area (Å²) in [6.07, 6.45) is 5.24. The van der Waals surface area contributed by atoms with Crippen LogP contribution in [0.25, 0.3) is 0 Å². The minimum Gasteiger partial charge on any atom is -0.439 e. The largest absolute Gasteiger partial charge is 0.439 e. The van der Waals surface area contributed by atoms with Crippen molar-refractivity contribution in [2.45, 2.75) is 38.1 Å². The maximum atomic E-state index is 12.6. The fourth-order valence-corrected chi connectivity index (χ4v) is 3.37. The van der Waals surface area contributed by atoms with Crippen LogP contribution in [0.2, 0.25) is 0 Å². The number of carbonyl (C=O) groups excluding carboxylic acids is 2. The lowest BCUT2D eigenvalue weighted by Crippen LogP contribution is -2.51. The van der Waals surface area contributed by atoms with E-state index in [1.54, 1.807) is 36.4 Å². The third-order valence-electron chi connectivity index (χ3n) is 4.92. The maximum absolute atomic E-state index is 12.6. The highest BCUT2D eigenvalue weighted by molar-refractivity contribution is 5.93. The molecule has 0 bridgehead atoms. The number of primary amides is 1. The minimum absolute atomic E-state index is 0.0793. The van der Waals surface area contributed by atoms with Gasteiger partial charge in [0.25, 0.3) is 0 Å².